The van der Waals surface area contributed by atoms with Crippen LogP contribution < -0.4 is 5.73 Å². The second kappa shape index (κ2) is 4.81. The van der Waals surface area contributed by atoms with Crippen molar-refractivity contribution in [3.05, 3.63) is 0 Å². The summed E-state index contributed by atoms with van der Waals surface area (Å²) in [5.74, 6) is 0.740. The Morgan fingerprint density at radius 1 is 1.40 bits per heavy atom. The van der Waals surface area contributed by atoms with Crippen LogP contribution in [0.1, 0.15) is 33.1 Å². The molecule has 3 heteroatoms. The first-order valence-corrected chi connectivity index (χ1v) is 6.33. The maximum absolute atomic E-state index is 5.79. The number of hydrogen-bond donors (Lipinski definition) is 1. The van der Waals surface area contributed by atoms with Crippen molar-refractivity contribution in [2.45, 2.75) is 51.3 Å². The Morgan fingerprint density at radius 3 is 2.73 bits per heavy atom. The van der Waals surface area contributed by atoms with Crippen molar-refractivity contribution in [3.8, 4) is 0 Å². The van der Waals surface area contributed by atoms with Crippen molar-refractivity contribution in [1.82, 2.24) is 4.90 Å². The number of nitrogens with zero attached hydrogens (tertiary/aromatic N) is 1. The molecule has 88 valence electrons. The minimum Gasteiger partial charge on any atom is -0.376 e. The number of rotatable bonds is 3. The lowest BCUT2D eigenvalue weighted by Crippen LogP contribution is -2.59. The van der Waals surface area contributed by atoms with E-state index in [0.717, 1.165) is 31.7 Å². The Labute approximate surface area is 93.0 Å². The van der Waals surface area contributed by atoms with E-state index in [1.807, 2.05) is 0 Å². The van der Waals surface area contributed by atoms with Crippen molar-refractivity contribution in [2.24, 2.45) is 11.7 Å². The van der Waals surface area contributed by atoms with Gasteiger partial charge in [-0.25, -0.2) is 0 Å². The van der Waals surface area contributed by atoms with Crippen LogP contribution in [-0.2, 0) is 4.74 Å². The van der Waals surface area contributed by atoms with Crippen LogP contribution >= 0.6 is 0 Å². The van der Waals surface area contributed by atoms with E-state index in [4.69, 9.17) is 10.5 Å². The second-order valence-electron chi connectivity index (χ2n) is 5.04. The molecule has 4 unspecified atom stereocenters. The molecule has 0 aromatic heterocycles. The fourth-order valence-electron chi connectivity index (χ4n) is 2.89. The van der Waals surface area contributed by atoms with E-state index in [0.29, 0.717) is 12.1 Å². The number of nitrogens with two attached hydrogens (primary N) is 1. The number of ether oxygens (including phenoxy) is 1. The highest BCUT2D eigenvalue weighted by molar-refractivity contribution is 4.93. The number of hydrogen-bond acceptors (Lipinski definition) is 3. The zero-order valence-electron chi connectivity index (χ0n) is 9.98. The first-order valence-electron chi connectivity index (χ1n) is 6.33. The van der Waals surface area contributed by atoms with Gasteiger partial charge in [-0.2, -0.15) is 0 Å². The summed E-state index contributed by atoms with van der Waals surface area (Å²) in [4.78, 5) is 2.66. The van der Waals surface area contributed by atoms with E-state index < -0.39 is 0 Å². The van der Waals surface area contributed by atoms with Gasteiger partial charge in [0.25, 0.3) is 0 Å². The fraction of sp³-hybridized carbons (Fsp3) is 1.00. The van der Waals surface area contributed by atoms with Crippen molar-refractivity contribution in [1.29, 1.82) is 0 Å². The molecule has 0 amide bonds. The first-order chi connectivity index (χ1) is 7.26. The molecule has 1 aliphatic heterocycles. The van der Waals surface area contributed by atoms with Gasteiger partial charge in [-0.3, -0.25) is 4.90 Å². The third-order valence-electron chi connectivity index (χ3n) is 4.09. The van der Waals surface area contributed by atoms with Gasteiger partial charge < -0.3 is 10.5 Å². The molecule has 1 saturated heterocycles. The Hall–Kier alpha value is -0.120. The highest BCUT2D eigenvalue weighted by Crippen LogP contribution is 2.34. The van der Waals surface area contributed by atoms with E-state index in [1.165, 1.54) is 19.3 Å². The summed E-state index contributed by atoms with van der Waals surface area (Å²) in [6, 6.07) is 1.37. The smallest absolute Gasteiger partial charge is 0.0674 e. The Bertz CT molecular complexity index is 208. The molecule has 0 aromatic rings. The molecule has 1 heterocycles. The molecule has 0 radical (unpaired) electrons. The summed E-state index contributed by atoms with van der Waals surface area (Å²) in [5, 5.41) is 0. The normalized spacial score (nSPS) is 42.6. The highest BCUT2D eigenvalue weighted by atomic mass is 16.5. The van der Waals surface area contributed by atoms with Crippen LogP contribution in [0.3, 0.4) is 0 Å². The third-order valence-corrected chi connectivity index (χ3v) is 4.09. The summed E-state index contributed by atoms with van der Waals surface area (Å²) in [6.07, 6.45) is 4.25. The molecule has 0 bridgehead atoms. The van der Waals surface area contributed by atoms with Crippen LogP contribution in [0.4, 0.5) is 0 Å². The van der Waals surface area contributed by atoms with Gasteiger partial charge in [-0.1, -0.05) is 6.92 Å². The summed E-state index contributed by atoms with van der Waals surface area (Å²) in [6.45, 7) is 7.29. The Morgan fingerprint density at radius 2 is 2.20 bits per heavy atom. The van der Waals surface area contributed by atoms with Crippen LogP contribution in [-0.4, -0.2) is 42.8 Å². The highest BCUT2D eigenvalue weighted by Gasteiger charge is 2.39. The monoisotopic (exact) mass is 212 g/mol. The molecule has 2 rings (SSSR count). The van der Waals surface area contributed by atoms with Crippen LogP contribution in [0.25, 0.3) is 0 Å². The molecule has 2 N–H and O–H groups in total. The van der Waals surface area contributed by atoms with E-state index in [1.54, 1.807) is 0 Å². The average Bonchev–Trinajstić information content (AvgIpc) is 2.17. The minimum absolute atomic E-state index is 0.395. The largest absolute Gasteiger partial charge is 0.376 e. The van der Waals surface area contributed by atoms with Gasteiger partial charge in [0, 0.05) is 18.6 Å². The van der Waals surface area contributed by atoms with Gasteiger partial charge in [0.2, 0.25) is 0 Å². The molecular formula is C12H24N2O. The average molecular weight is 212 g/mol. The standard InChI is InChI=1S/C12H24N2O/c1-3-11-8-15-9(2)7-14(11)12-5-4-10(12)6-13/h9-12H,3-8,13H2,1-2H3. The van der Waals surface area contributed by atoms with Gasteiger partial charge in [0.05, 0.1) is 12.7 Å². The lowest BCUT2D eigenvalue weighted by Gasteiger charge is -2.50. The van der Waals surface area contributed by atoms with Crippen molar-refractivity contribution >= 4 is 0 Å². The van der Waals surface area contributed by atoms with Crippen LogP contribution in [0.2, 0.25) is 0 Å². The summed E-state index contributed by atoms with van der Waals surface area (Å²) in [7, 11) is 0. The quantitative estimate of drug-likeness (QED) is 0.764. The minimum atomic E-state index is 0.395. The molecule has 2 fully saturated rings. The first kappa shape index (κ1) is 11.4. The SMILES string of the molecule is CCC1COC(C)CN1C1CCC1CN. The zero-order valence-corrected chi connectivity index (χ0v) is 9.98. The van der Waals surface area contributed by atoms with Gasteiger partial charge in [0.1, 0.15) is 0 Å². The fourth-order valence-corrected chi connectivity index (χ4v) is 2.89. The van der Waals surface area contributed by atoms with Gasteiger partial charge in [0.15, 0.2) is 0 Å². The van der Waals surface area contributed by atoms with E-state index in [-0.39, 0.29) is 0 Å². The van der Waals surface area contributed by atoms with E-state index >= 15 is 0 Å². The maximum Gasteiger partial charge on any atom is 0.0674 e. The molecule has 2 aliphatic rings. The molecular weight excluding hydrogens is 188 g/mol. The molecule has 4 atom stereocenters. The van der Waals surface area contributed by atoms with Gasteiger partial charge >= 0.3 is 0 Å². The van der Waals surface area contributed by atoms with E-state index in [2.05, 4.69) is 18.7 Å². The Kier molecular flexibility index (Phi) is 3.65. The predicted octanol–water partition coefficient (Wildman–Crippen LogP) is 1.22. The molecule has 1 aliphatic carbocycles. The Balaban J connectivity index is 1.97. The van der Waals surface area contributed by atoms with Crippen molar-refractivity contribution in [3.63, 3.8) is 0 Å². The van der Waals surface area contributed by atoms with E-state index in [9.17, 15) is 0 Å². The third kappa shape index (κ3) is 2.19. The maximum atomic E-state index is 5.79. The summed E-state index contributed by atoms with van der Waals surface area (Å²) in [5.41, 5.74) is 5.79. The second-order valence-corrected chi connectivity index (χ2v) is 5.04. The molecule has 0 spiro atoms. The molecule has 0 aromatic carbocycles. The molecule has 1 saturated carbocycles. The summed E-state index contributed by atoms with van der Waals surface area (Å²) >= 11 is 0. The summed E-state index contributed by atoms with van der Waals surface area (Å²) < 4.78 is 5.73. The zero-order chi connectivity index (χ0) is 10.8. The topological polar surface area (TPSA) is 38.5 Å². The molecule has 15 heavy (non-hydrogen) atoms. The van der Waals surface area contributed by atoms with Crippen LogP contribution in [0.5, 0.6) is 0 Å². The number of morpholine rings is 1. The van der Waals surface area contributed by atoms with Gasteiger partial charge in [-0.05, 0) is 38.6 Å². The van der Waals surface area contributed by atoms with Crippen LogP contribution in [0.15, 0.2) is 0 Å². The van der Waals surface area contributed by atoms with Crippen molar-refractivity contribution in [2.75, 3.05) is 19.7 Å². The lowest BCUT2D eigenvalue weighted by molar-refractivity contribution is -0.0976. The van der Waals surface area contributed by atoms with Crippen molar-refractivity contribution < 1.29 is 4.74 Å². The van der Waals surface area contributed by atoms with Crippen LogP contribution in [0, 0.1) is 5.92 Å². The predicted molar refractivity (Wildman–Crippen MR) is 61.8 cm³/mol. The van der Waals surface area contributed by atoms with Gasteiger partial charge in [-0.15, -0.1) is 0 Å². The molecule has 3 nitrogen and oxygen atoms in total. The lowest BCUT2D eigenvalue weighted by atomic mass is 9.77.